The molecule has 0 radical (unpaired) electrons. The first-order valence-corrected chi connectivity index (χ1v) is 2.01. The van der Waals surface area contributed by atoms with E-state index in [1.54, 1.807) is 0 Å². The van der Waals surface area contributed by atoms with Gasteiger partial charge in [0.25, 0.3) is 0 Å². The van der Waals surface area contributed by atoms with Crippen LogP contribution in [-0.4, -0.2) is 28.0 Å². The van der Waals surface area contributed by atoms with Crippen LogP contribution in [-0.2, 0) is 0 Å². The second-order valence-electron chi connectivity index (χ2n) is 1.37. The van der Waals surface area contributed by atoms with Crippen molar-refractivity contribution in [1.29, 1.82) is 0 Å². The molecule has 0 bridgehead atoms. The molecule has 0 amide bonds. The molecular formula is C2H7N5O. The van der Waals surface area contributed by atoms with E-state index in [9.17, 15) is 0 Å². The third-order valence-corrected chi connectivity index (χ3v) is 0.822. The molecule has 0 spiro atoms. The smallest absolute Gasteiger partial charge is 0.237 e. The summed E-state index contributed by atoms with van der Waals surface area (Å²) in [6, 6.07) is 0. The summed E-state index contributed by atoms with van der Waals surface area (Å²) in [6.07, 6.45) is 0.199. The van der Waals surface area contributed by atoms with E-state index in [1.165, 1.54) is 6.34 Å². The third-order valence-electron chi connectivity index (χ3n) is 0.822. The highest BCUT2D eigenvalue weighted by molar-refractivity contribution is 5.54. The first-order chi connectivity index (χ1) is 3.72. The SMILES string of the molecule is NN1C=NC(O)N1N. The molecule has 0 saturated heterocycles. The lowest BCUT2D eigenvalue weighted by Gasteiger charge is -2.18. The lowest BCUT2D eigenvalue weighted by atomic mass is 11.0. The average Bonchev–Trinajstić information content (AvgIpc) is 1.98. The molecule has 1 unspecified atom stereocenters. The molecule has 1 rings (SSSR count). The predicted molar refractivity (Wildman–Crippen MR) is 26.6 cm³/mol. The summed E-state index contributed by atoms with van der Waals surface area (Å²) in [5.74, 6) is 10.2. The Morgan fingerprint density at radius 2 is 2.25 bits per heavy atom. The van der Waals surface area contributed by atoms with Crippen molar-refractivity contribution in [2.45, 2.75) is 6.35 Å². The summed E-state index contributed by atoms with van der Waals surface area (Å²) in [5.41, 5.74) is 0. The van der Waals surface area contributed by atoms with E-state index in [2.05, 4.69) is 4.99 Å². The van der Waals surface area contributed by atoms with E-state index in [4.69, 9.17) is 16.8 Å². The molecule has 1 aliphatic rings. The number of aliphatic hydroxyl groups excluding tert-OH is 1. The van der Waals surface area contributed by atoms with Gasteiger partial charge < -0.3 is 5.11 Å². The highest BCUT2D eigenvalue weighted by Crippen LogP contribution is 1.96. The summed E-state index contributed by atoms with van der Waals surface area (Å²) >= 11 is 0. The Morgan fingerprint density at radius 1 is 1.62 bits per heavy atom. The standard InChI is InChI=1S/C2H7N5O/c3-6-1-5-2(8)7(6)4/h1-2,8H,3-4H2. The highest BCUT2D eigenvalue weighted by atomic mass is 16.3. The third kappa shape index (κ3) is 0.651. The van der Waals surface area contributed by atoms with Crippen LogP contribution in [0.15, 0.2) is 4.99 Å². The van der Waals surface area contributed by atoms with Crippen molar-refractivity contribution in [3.05, 3.63) is 0 Å². The van der Waals surface area contributed by atoms with E-state index < -0.39 is 6.35 Å². The van der Waals surface area contributed by atoms with Crippen molar-refractivity contribution < 1.29 is 5.11 Å². The number of nitrogens with zero attached hydrogens (tertiary/aromatic N) is 3. The molecule has 0 aliphatic carbocycles. The average molecular weight is 117 g/mol. The minimum absolute atomic E-state index is 0.889. The quantitative estimate of drug-likeness (QED) is 0.307. The molecule has 0 aromatic rings. The van der Waals surface area contributed by atoms with Gasteiger partial charge in [0, 0.05) is 0 Å². The molecular weight excluding hydrogens is 110 g/mol. The van der Waals surface area contributed by atoms with Gasteiger partial charge in [-0.15, -0.1) is 0 Å². The van der Waals surface area contributed by atoms with Crippen LogP contribution < -0.4 is 11.7 Å². The van der Waals surface area contributed by atoms with Crippen molar-refractivity contribution in [2.24, 2.45) is 16.7 Å². The van der Waals surface area contributed by atoms with Gasteiger partial charge >= 0.3 is 0 Å². The Hall–Kier alpha value is -0.690. The number of aliphatic hydroxyl groups is 1. The number of nitrogens with two attached hydrogens (primary N) is 2. The van der Waals surface area contributed by atoms with E-state index in [-0.39, 0.29) is 0 Å². The zero-order valence-corrected chi connectivity index (χ0v) is 4.10. The molecule has 46 valence electrons. The number of hydrogen-bond acceptors (Lipinski definition) is 6. The highest BCUT2D eigenvalue weighted by Gasteiger charge is 2.18. The number of aliphatic imine (C=N–C) groups is 1. The molecule has 0 aromatic heterocycles. The van der Waals surface area contributed by atoms with Crippen LogP contribution in [0.1, 0.15) is 0 Å². The predicted octanol–water partition coefficient (Wildman–Crippen LogP) is -2.43. The fraction of sp³-hybridized carbons (Fsp3) is 0.500. The lowest BCUT2D eigenvalue weighted by Crippen LogP contribution is -2.50. The molecule has 6 nitrogen and oxygen atoms in total. The van der Waals surface area contributed by atoms with E-state index in [0.717, 1.165) is 10.2 Å². The summed E-state index contributed by atoms with van der Waals surface area (Å²) in [6.45, 7) is 0. The molecule has 8 heavy (non-hydrogen) atoms. The Kier molecular flexibility index (Phi) is 1.14. The van der Waals surface area contributed by atoms with Gasteiger partial charge in [-0.1, -0.05) is 5.12 Å². The molecule has 0 aromatic carbocycles. The molecule has 6 heteroatoms. The molecule has 0 fully saturated rings. The Bertz CT molecular complexity index is 101. The van der Waals surface area contributed by atoms with Crippen LogP contribution in [0.4, 0.5) is 0 Å². The number of hydrazine groups is 3. The van der Waals surface area contributed by atoms with Gasteiger partial charge in [0.1, 0.15) is 6.34 Å². The van der Waals surface area contributed by atoms with Crippen molar-refractivity contribution in [3.8, 4) is 0 Å². The minimum atomic E-state index is -1.03. The maximum atomic E-state index is 8.65. The number of hydrogen-bond donors (Lipinski definition) is 3. The first-order valence-electron chi connectivity index (χ1n) is 2.01. The van der Waals surface area contributed by atoms with Crippen LogP contribution in [0.25, 0.3) is 0 Å². The zero-order chi connectivity index (χ0) is 6.15. The normalized spacial score (nSPS) is 29.9. The van der Waals surface area contributed by atoms with Crippen LogP contribution in [0.3, 0.4) is 0 Å². The largest absolute Gasteiger partial charge is 0.357 e. The number of rotatable bonds is 0. The van der Waals surface area contributed by atoms with Gasteiger partial charge in [-0.25, -0.2) is 21.8 Å². The summed E-state index contributed by atoms with van der Waals surface area (Å²) in [7, 11) is 0. The summed E-state index contributed by atoms with van der Waals surface area (Å²) in [4.78, 5) is 3.43. The van der Waals surface area contributed by atoms with Gasteiger partial charge in [-0.3, -0.25) is 0 Å². The monoisotopic (exact) mass is 117 g/mol. The van der Waals surface area contributed by atoms with Crippen LogP contribution in [0, 0.1) is 0 Å². The second-order valence-corrected chi connectivity index (χ2v) is 1.37. The van der Waals surface area contributed by atoms with Crippen LogP contribution in [0.2, 0.25) is 0 Å². The van der Waals surface area contributed by atoms with E-state index >= 15 is 0 Å². The molecule has 1 atom stereocenters. The van der Waals surface area contributed by atoms with Gasteiger partial charge in [0.2, 0.25) is 6.35 Å². The molecule has 5 N–H and O–H groups in total. The molecule has 0 saturated carbocycles. The van der Waals surface area contributed by atoms with E-state index in [0.29, 0.717) is 0 Å². The second kappa shape index (κ2) is 1.67. The maximum absolute atomic E-state index is 8.65. The summed E-state index contributed by atoms with van der Waals surface area (Å²) < 4.78 is 0. The Labute approximate surface area is 45.9 Å². The van der Waals surface area contributed by atoms with Gasteiger partial charge in [0.15, 0.2) is 0 Å². The maximum Gasteiger partial charge on any atom is 0.237 e. The summed E-state index contributed by atoms with van der Waals surface area (Å²) in [5, 5.41) is 10.5. The molecule has 1 heterocycles. The van der Waals surface area contributed by atoms with Crippen molar-refractivity contribution in [3.63, 3.8) is 0 Å². The van der Waals surface area contributed by atoms with Crippen molar-refractivity contribution in [2.75, 3.05) is 0 Å². The zero-order valence-electron chi connectivity index (χ0n) is 4.10. The van der Waals surface area contributed by atoms with Crippen LogP contribution in [0.5, 0.6) is 0 Å². The Morgan fingerprint density at radius 3 is 2.38 bits per heavy atom. The fourth-order valence-corrected chi connectivity index (χ4v) is 0.375. The first kappa shape index (κ1) is 5.45. The Balaban J connectivity index is 2.55. The van der Waals surface area contributed by atoms with E-state index in [1.807, 2.05) is 0 Å². The van der Waals surface area contributed by atoms with Crippen molar-refractivity contribution in [1.82, 2.24) is 10.2 Å². The van der Waals surface area contributed by atoms with Gasteiger partial charge in [-0.2, -0.15) is 0 Å². The molecule has 1 aliphatic heterocycles. The van der Waals surface area contributed by atoms with Gasteiger partial charge in [0.05, 0.1) is 0 Å². The lowest BCUT2D eigenvalue weighted by molar-refractivity contribution is -0.0770. The fourth-order valence-electron chi connectivity index (χ4n) is 0.375. The van der Waals surface area contributed by atoms with Crippen molar-refractivity contribution >= 4 is 6.34 Å². The topological polar surface area (TPSA) is 91.1 Å². The van der Waals surface area contributed by atoms with Crippen LogP contribution >= 0.6 is 0 Å². The van der Waals surface area contributed by atoms with Gasteiger partial charge in [-0.05, 0) is 0 Å². The minimum Gasteiger partial charge on any atom is -0.357 e.